The van der Waals surface area contributed by atoms with Crippen molar-refractivity contribution in [3.05, 3.63) is 73.3 Å². The van der Waals surface area contributed by atoms with Crippen molar-refractivity contribution in [3.8, 4) is 11.1 Å². The molecule has 1 radical (unpaired) electrons. The molecule has 97 valence electrons. The first-order chi connectivity index (χ1) is 9.92. The molecule has 0 spiro atoms. The van der Waals surface area contributed by atoms with Gasteiger partial charge in [0, 0.05) is 45.1 Å². The van der Waals surface area contributed by atoms with E-state index in [-0.39, 0.29) is 32.7 Å². The number of benzene rings is 2. The monoisotopic (exact) mass is 343 g/mol. The van der Waals surface area contributed by atoms with Crippen LogP contribution in [0, 0.1) is 12.3 Å². The average Bonchev–Trinajstić information content (AvgIpc) is 2.54. The molecule has 2 nitrogen and oxygen atoms in total. The van der Waals surface area contributed by atoms with Crippen molar-refractivity contribution in [2.75, 3.05) is 0 Å². The fraction of sp³-hybridized carbons (Fsp3) is 0. The van der Waals surface area contributed by atoms with Crippen molar-refractivity contribution >= 4 is 21.5 Å². The van der Waals surface area contributed by atoms with Gasteiger partial charge in [0.05, 0.1) is 0 Å². The number of nitrogens with zero attached hydrogens (tertiary/aromatic N) is 2. The Labute approximate surface area is 148 Å². The van der Waals surface area contributed by atoms with Gasteiger partial charge in [-0.05, 0) is 0 Å². The predicted molar refractivity (Wildman–Crippen MR) is 80.2 cm³/mol. The third-order valence-electron chi connectivity index (χ3n) is 3.45. The zero-order valence-electron chi connectivity index (χ0n) is 11.2. The maximum atomic E-state index is 4.21. The Morgan fingerprint density at radius 1 is 0.905 bits per heavy atom. The van der Waals surface area contributed by atoms with Gasteiger partial charge in [-0.3, -0.25) is 4.98 Å². The van der Waals surface area contributed by atoms with Crippen molar-refractivity contribution < 1.29 is 32.7 Å². The Balaban J connectivity index is 0.00000132. The van der Waals surface area contributed by atoms with E-state index in [0.29, 0.717) is 0 Å². The maximum absolute atomic E-state index is 4.21. The van der Waals surface area contributed by atoms with Crippen LogP contribution in [0.1, 0.15) is 0 Å². The zero-order chi connectivity index (χ0) is 13.4. The number of fused-ring (bicyclic) bond motifs is 2. The third-order valence-corrected chi connectivity index (χ3v) is 3.45. The number of hydrogen-bond donors (Lipinski definition) is 0. The topological polar surface area (TPSA) is 25.8 Å². The number of rotatable bonds is 1. The van der Waals surface area contributed by atoms with Crippen molar-refractivity contribution in [1.82, 2.24) is 9.97 Å². The predicted octanol–water partition coefficient (Wildman–Crippen LogP) is 4.05. The SMILES string of the molecule is [Y].[c-]1cc2ccncc2cc1-c1[c-]ncc2ccccc12. The van der Waals surface area contributed by atoms with Crippen LogP contribution in [0.2, 0.25) is 0 Å². The van der Waals surface area contributed by atoms with Crippen molar-refractivity contribution in [1.29, 1.82) is 0 Å². The molecule has 0 amide bonds. The van der Waals surface area contributed by atoms with E-state index < -0.39 is 0 Å². The Morgan fingerprint density at radius 3 is 2.76 bits per heavy atom. The van der Waals surface area contributed by atoms with E-state index >= 15 is 0 Å². The second kappa shape index (κ2) is 6.01. The summed E-state index contributed by atoms with van der Waals surface area (Å²) in [6, 6.07) is 17.6. The molecule has 0 saturated carbocycles. The standard InChI is InChI=1S/C18H10N2.Y/c1-2-4-17-15(3-1)10-20-12-18(17)14-6-5-13-7-8-19-11-16(13)9-14;/h1-5,7-11H;/q-2;. The quantitative estimate of drug-likeness (QED) is 0.488. The largest absolute Gasteiger partial charge is 0.370 e. The molecule has 21 heavy (non-hydrogen) atoms. The van der Waals surface area contributed by atoms with Crippen LogP contribution in [0.4, 0.5) is 0 Å². The Kier molecular flexibility index (Phi) is 4.09. The minimum atomic E-state index is 0. The molecule has 2 heterocycles. The molecule has 4 rings (SSSR count). The third kappa shape index (κ3) is 2.62. The minimum absolute atomic E-state index is 0. The van der Waals surface area contributed by atoms with Crippen molar-refractivity contribution in [2.24, 2.45) is 0 Å². The molecule has 0 saturated heterocycles. The molecule has 0 aliphatic carbocycles. The molecule has 0 aliphatic heterocycles. The first-order valence-electron chi connectivity index (χ1n) is 6.43. The summed E-state index contributed by atoms with van der Waals surface area (Å²) in [6.07, 6.45) is 8.58. The molecule has 4 aromatic rings. The molecule has 2 aromatic carbocycles. The normalized spacial score (nSPS) is 10.5. The van der Waals surface area contributed by atoms with Crippen LogP contribution in [0.25, 0.3) is 32.7 Å². The van der Waals surface area contributed by atoms with Gasteiger partial charge in [-0.1, -0.05) is 52.8 Å². The van der Waals surface area contributed by atoms with E-state index in [1.807, 2.05) is 36.7 Å². The number of hydrogen-bond acceptors (Lipinski definition) is 2. The smallest absolute Gasteiger partial charge is 0.0181 e. The van der Waals surface area contributed by atoms with Crippen LogP contribution in [0.5, 0.6) is 0 Å². The Morgan fingerprint density at radius 2 is 1.81 bits per heavy atom. The molecule has 3 heteroatoms. The van der Waals surface area contributed by atoms with E-state index in [1.165, 1.54) is 0 Å². The fourth-order valence-corrected chi connectivity index (χ4v) is 2.44. The molecule has 0 N–H and O–H groups in total. The number of pyridine rings is 2. The van der Waals surface area contributed by atoms with Crippen molar-refractivity contribution in [3.63, 3.8) is 0 Å². The molecular weight excluding hydrogens is 333 g/mol. The second-order valence-electron chi connectivity index (χ2n) is 4.68. The van der Waals surface area contributed by atoms with Crippen molar-refractivity contribution in [2.45, 2.75) is 0 Å². The van der Waals surface area contributed by atoms with E-state index in [2.05, 4.69) is 40.4 Å². The first-order valence-corrected chi connectivity index (χ1v) is 6.43. The molecular formula is C18H10N2Y-2. The van der Waals surface area contributed by atoms with Gasteiger partial charge >= 0.3 is 0 Å². The van der Waals surface area contributed by atoms with E-state index in [9.17, 15) is 0 Å². The van der Waals surface area contributed by atoms with Gasteiger partial charge in [-0.25, -0.2) is 5.56 Å². The molecule has 0 unspecified atom stereocenters. The molecule has 0 aliphatic rings. The summed E-state index contributed by atoms with van der Waals surface area (Å²) < 4.78 is 0. The fourth-order valence-electron chi connectivity index (χ4n) is 2.44. The summed E-state index contributed by atoms with van der Waals surface area (Å²) >= 11 is 0. The number of aromatic nitrogens is 2. The molecule has 0 fully saturated rings. The van der Waals surface area contributed by atoms with Gasteiger partial charge in [0.1, 0.15) is 0 Å². The van der Waals surface area contributed by atoms with Crippen LogP contribution < -0.4 is 0 Å². The van der Waals surface area contributed by atoms with Crippen LogP contribution in [0.15, 0.2) is 61.1 Å². The van der Waals surface area contributed by atoms with E-state index in [0.717, 1.165) is 32.7 Å². The van der Waals surface area contributed by atoms with E-state index in [1.54, 1.807) is 6.20 Å². The Bertz CT molecular complexity index is 913. The van der Waals surface area contributed by atoms with Gasteiger partial charge in [0.25, 0.3) is 0 Å². The maximum Gasteiger partial charge on any atom is 0.0181 e. The first kappa shape index (κ1) is 14.3. The summed E-state index contributed by atoms with van der Waals surface area (Å²) in [7, 11) is 0. The summed E-state index contributed by atoms with van der Waals surface area (Å²) in [4.78, 5) is 8.38. The van der Waals surface area contributed by atoms with Gasteiger partial charge in [0.2, 0.25) is 0 Å². The minimum Gasteiger partial charge on any atom is -0.370 e. The van der Waals surface area contributed by atoms with Crippen LogP contribution in [-0.4, -0.2) is 9.97 Å². The van der Waals surface area contributed by atoms with Gasteiger partial charge in [-0.15, -0.1) is 17.5 Å². The molecule has 2 aromatic heterocycles. The van der Waals surface area contributed by atoms with Crippen LogP contribution >= 0.6 is 0 Å². The Hall–Kier alpha value is -1.64. The van der Waals surface area contributed by atoms with E-state index in [4.69, 9.17) is 0 Å². The molecule has 0 bridgehead atoms. The zero-order valence-corrected chi connectivity index (χ0v) is 14.1. The summed E-state index contributed by atoms with van der Waals surface area (Å²) in [6.45, 7) is 0. The van der Waals surface area contributed by atoms with Gasteiger partial charge < -0.3 is 4.98 Å². The molecule has 0 atom stereocenters. The average molecular weight is 343 g/mol. The second-order valence-corrected chi connectivity index (χ2v) is 4.68. The van der Waals surface area contributed by atoms with Crippen LogP contribution in [-0.2, 0) is 32.7 Å². The summed E-state index contributed by atoms with van der Waals surface area (Å²) in [5.41, 5.74) is 1.98. The summed E-state index contributed by atoms with van der Waals surface area (Å²) in [5, 5.41) is 4.49. The van der Waals surface area contributed by atoms with Gasteiger partial charge in [0.15, 0.2) is 0 Å². The van der Waals surface area contributed by atoms with Crippen LogP contribution in [0.3, 0.4) is 0 Å². The van der Waals surface area contributed by atoms with Gasteiger partial charge in [-0.2, -0.15) is 17.7 Å². The summed E-state index contributed by atoms with van der Waals surface area (Å²) in [5.74, 6) is 0.